The summed E-state index contributed by atoms with van der Waals surface area (Å²) in [5, 5.41) is 0. The van der Waals surface area contributed by atoms with Gasteiger partial charge in [0.25, 0.3) is 0 Å². The molecule has 0 aromatic rings. The smallest absolute Gasteiger partial charge is 0.306 e. The summed E-state index contributed by atoms with van der Waals surface area (Å²) in [6, 6.07) is 0. The van der Waals surface area contributed by atoms with E-state index in [9.17, 15) is 14.4 Å². The molecule has 6 heteroatoms. The summed E-state index contributed by atoms with van der Waals surface area (Å²) >= 11 is 0. The van der Waals surface area contributed by atoms with E-state index in [0.29, 0.717) is 19.3 Å². The second kappa shape index (κ2) is 65.9. The Hall–Kier alpha value is -1.59. The van der Waals surface area contributed by atoms with E-state index in [1.54, 1.807) is 0 Å². The van der Waals surface area contributed by atoms with Crippen molar-refractivity contribution >= 4 is 17.9 Å². The normalized spacial score (nSPS) is 11.9. The lowest BCUT2D eigenvalue weighted by Crippen LogP contribution is -2.30. The Morgan fingerprint density at radius 1 is 0.211 bits per heavy atom. The van der Waals surface area contributed by atoms with Crippen LogP contribution in [0.4, 0.5) is 0 Å². The summed E-state index contributed by atoms with van der Waals surface area (Å²) in [5.41, 5.74) is 0. The van der Waals surface area contributed by atoms with Crippen LogP contribution < -0.4 is 0 Å². The van der Waals surface area contributed by atoms with Gasteiger partial charge in [0.05, 0.1) is 0 Å². The van der Waals surface area contributed by atoms with Gasteiger partial charge in [0.15, 0.2) is 6.10 Å². The molecule has 0 heterocycles. The molecule has 0 fully saturated rings. The lowest BCUT2D eigenvalue weighted by molar-refractivity contribution is -0.167. The van der Waals surface area contributed by atoms with Gasteiger partial charge in [-0.3, -0.25) is 14.4 Å². The maximum Gasteiger partial charge on any atom is 0.306 e. The number of unbranched alkanes of at least 4 members (excludes halogenated alkanes) is 55. The zero-order valence-corrected chi connectivity index (χ0v) is 52.1. The van der Waals surface area contributed by atoms with Crippen molar-refractivity contribution in [2.24, 2.45) is 0 Å². The third-order valence-corrected chi connectivity index (χ3v) is 16.4. The molecule has 0 amide bonds. The van der Waals surface area contributed by atoms with Crippen LogP contribution in [0.2, 0.25) is 0 Å². The Morgan fingerprint density at radius 3 is 0.526 bits per heavy atom. The van der Waals surface area contributed by atoms with Crippen molar-refractivity contribution in [2.75, 3.05) is 13.2 Å². The number of rotatable bonds is 66. The Kier molecular flexibility index (Phi) is 64.5. The van der Waals surface area contributed by atoms with Gasteiger partial charge in [-0.2, -0.15) is 0 Å². The first-order chi connectivity index (χ1) is 37.5. The third kappa shape index (κ3) is 63.2. The average molecular weight is 1070 g/mol. The molecule has 1 unspecified atom stereocenters. The topological polar surface area (TPSA) is 78.9 Å². The Balaban J connectivity index is 4.14. The van der Waals surface area contributed by atoms with Crippen LogP contribution in [0.5, 0.6) is 0 Å². The molecular weight excluding hydrogens is 937 g/mol. The zero-order chi connectivity index (χ0) is 55.0. The molecule has 0 aromatic carbocycles. The quantitative estimate of drug-likeness (QED) is 0.0343. The van der Waals surface area contributed by atoms with Gasteiger partial charge >= 0.3 is 17.9 Å². The number of carbonyl (C=O) groups excluding carboxylic acids is 3. The lowest BCUT2D eigenvalue weighted by Gasteiger charge is -2.18. The number of hydrogen-bond donors (Lipinski definition) is 0. The van der Waals surface area contributed by atoms with E-state index >= 15 is 0 Å². The van der Waals surface area contributed by atoms with E-state index in [0.717, 1.165) is 57.8 Å². The summed E-state index contributed by atoms with van der Waals surface area (Å²) in [6.07, 6.45) is 77.1. The van der Waals surface area contributed by atoms with Crippen LogP contribution in [0.3, 0.4) is 0 Å². The van der Waals surface area contributed by atoms with Crippen LogP contribution in [0.25, 0.3) is 0 Å². The fourth-order valence-electron chi connectivity index (χ4n) is 11.1. The minimum absolute atomic E-state index is 0.0604. The largest absolute Gasteiger partial charge is 0.462 e. The molecule has 1 atom stereocenters. The average Bonchev–Trinajstić information content (AvgIpc) is 3.42. The molecule has 0 aliphatic carbocycles. The molecule has 6 nitrogen and oxygen atoms in total. The molecule has 0 N–H and O–H groups in total. The van der Waals surface area contributed by atoms with Crippen molar-refractivity contribution in [2.45, 2.75) is 419 Å². The van der Waals surface area contributed by atoms with Crippen molar-refractivity contribution in [3.8, 4) is 0 Å². The molecule has 0 saturated carbocycles. The van der Waals surface area contributed by atoms with E-state index in [1.165, 1.54) is 315 Å². The molecule has 0 saturated heterocycles. The predicted molar refractivity (Wildman–Crippen MR) is 330 cm³/mol. The van der Waals surface area contributed by atoms with Crippen LogP contribution in [0.15, 0.2) is 0 Å². The minimum atomic E-state index is -0.762. The van der Waals surface area contributed by atoms with Crippen LogP contribution in [-0.4, -0.2) is 37.2 Å². The van der Waals surface area contributed by atoms with Gasteiger partial charge in [-0.25, -0.2) is 0 Å². The second-order valence-electron chi connectivity index (χ2n) is 24.2. The highest BCUT2D eigenvalue weighted by Crippen LogP contribution is 2.19. The van der Waals surface area contributed by atoms with E-state index in [-0.39, 0.29) is 31.1 Å². The second-order valence-corrected chi connectivity index (χ2v) is 24.2. The summed E-state index contributed by atoms with van der Waals surface area (Å²) in [5.74, 6) is -0.823. The molecule has 452 valence electrons. The van der Waals surface area contributed by atoms with E-state index in [4.69, 9.17) is 14.2 Å². The Morgan fingerprint density at radius 2 is 0.355 bits per heavy atom. The van der Waals surface area contributed by atoms with E-state index < -0.39 is 6.10 Å². The van der Waals surface area contributed by atoms with Gasteiger partial charge in [-0.15, -0.1) is 0 Å². The van der Waals surface area contributed by atoms with Crippen molar-refractivity contribution in [1.82, 2.24) is 0 Å². The maximum absolute atomic E-state index is 12.9. The first kappa shape index (κ1) is 74.4. The van der Waals surface area contributed by atoms with E-state index in [2.05, 4.69) is 20.8 Å². The zero-order valence-electron chi connectivity index (χ0n) is 52.1. The Bertz CT molecular complexity index is 1140. The molecule has 0 rings (SSSR count). The number of ether oxygens (including phenoxy) is 3. The summed E-state index contributed by atoms with van der Waals surface area (Å²) in [4.78, 5) is 38.3. The van der Waals surface area contributed by atoms with Crippen molar-refractivity contribution in [3.63, 3.8) is 0 Å². The molecule has 0 bridgehead atoms. The number of carbonyl (C=O) groups is 3. The fourth-order valence-corrected chi connectivity index (χ4v) is 11.1. The third-order valence-electron chi connectivity index (χ3n) is 16.4. The monoisotopic (exact) mass is 1070 g/mol. The lowest BCUT2D eigenvalue weighted by atomic mass is 10.0. The van der Waals surface area contributed by atoms with Crippen LogP contribution in [0.1, 0.15) is 412 Å². The highest BCUT2D eigenvalue weighted by atomic mass is 16.6. The van der Waals surface area contributed by atoms with Crippen molar-refractivity contribution in [3.05, 3.63) is 0 Å². The molecule has 0 aliphatic heterocycles. The van der Waals surface area contributed by atoms with Gasteiger partial charge in [-0.05, 0) is 19.3 Å². The summed E-state index contributed by atoms with van der Waals surface area (Å²) in [6.45, 7) is 6.73. The molecule has 76 heavy (non-hydrogen) atoms. The van der Waals surface area contributed by atoms with Crippen molar-refractivity contribution < 1.29 is 28.6 Å². The molecule has 0 spiro atoms. The predicted octanol–water partition coefficient (Wildman–Crippen LogP) is 23.8. The van der Waals surface area contributed by atoms with Gasteiger partial charge in [0, 0.05) is 19.3 Å². The molecule has 0 aliphatic rings. The van der Waals surface area contributed by atoms with Crippen LogP contribution in [0, 0.1) is 0 Å². The number of esters is 3. The highest BCUT2D eigenvalue weighted by Gasteiger charge is 2.19. The van der Waals surface area contributed by atoms with E-state index in [1.807, 2.05) is 0 Å². The summed E-state index contributed by atoms with van der Waals surface area (Å²) in [7, 11) is 0. The Labute approximate surface area is 476 Å². The molecular formula is C70H136O6. The SMILES string of the molecule is CCCCCCCCCCCCCCCCCCCCCCCCCCCC(=O)OCC(COC(=O)CCCCCCCCCCCCC)OC(=O)CCCCCCCCCCCCCCCCCCCCCCCC. The van der Waals surface area contributed by atoms with Crippen molar-refractivity contribution in [1.29, 1.82) is 0 Å². The first-order valence-electron chi connectivity index (χ1n) is 35.0. The minimum Gasteiger partial charge on any atom is -0.462 e. The van der Waals surface area contributed by atoms with Gasteiger partial charge in [0.1, 0.15) is 13.2 Å². The fraction of sp³-hybridized carbons (Fsp3) is 0.957. The van der Waals surface area contributed by atoms with Crippen LogP contribution in [-0.2, 0) is 28.6 Å². The maximum atomic E-state index is 12.9. The first-order valence-corrected chi connectivity index (χ1v) is 35.0. The van der Waals surface area contributed by atoms with Gasteiger partial charge in [-0.1, -0.05) is 374 Å². The number of hydrogen-bond acceptors (Lipinski definition) is 6. The standard InChI is InChI=1S/C70H136O6/c1-4-7-10-13-16-19-22-24-26-28-30-32-34-35-36-38-39-41-43-45-48-51-54-57-60-63-69(72)75-66-67(65-74-68(71)62-59-56-53-50-47-21-18-15-12-9-6-3)76-70(73)64-61-58-55-52-49-46-44-42-40-37-33-31-29-27-25-23-20-17-14-11-8-5-2/h67H,4-66H2,1-3H3. The van der Waals surface area contributed by atoms with Gasteiger partial charge < -0.3 is 14.2 Å². The summed E-state index contributed by atoms with van der Waals surface area (Å²) < 4.78 is 17.0. The molecule has 0 aromatic heterocycles. The van der Waals surface area contributed by atoms with Crippen LogP contribution >= 0.6 is 0 Å². The highest BCUT2D eigenvalue weighted by molar-refractivity contribution is 5.71. The van der Waals surface area contributed by atoms with Gasteiger partial charge in [0.2, 0.25) is 0 Å². The molecule has 0 radical (unpaired) electrons.